The van der Waals surface area contributed by atoms with Gasteiger partial charge in [-0.15, -0.1) is 0 Å². The summed E-state index contributed by atoms with van der Waals surface area (Å²) in [6.07, 6.45) is 0.728. The largest absolute Gasteiger partial charge is 0.489 e. The predicted molar refractivity (Wildman–Crippen MR) is 84.3 cm³/mol. The maximum absolute atomic E-state index is 10.9. The molecule has 0 aliphatic carbocycles. The number of hydrogen-bond acceptors (Lipinski definition) is 4. The van der Waals surface area contributed by atoms with E-state index < -0.39 is 4.92 Å². The van der Waals surface area contributed by atoms with Crippen LogP contribution in [0.2, 0.25) is 0 Å². The molecule has 0 atom stereocenters. The van der Waals surface area contributed by atoms with Crippen molar-refractivity contribution in [1.29, 1.82) is 0 Å². The lowest BCUT2D eigenvalue weighted by Crippen LogP contribution is -2.05. The molecule has 0 bridgehead atoms. The third-order valence-corrected chi connectivity index (χ3v) is 3.94. The highest BCUT2D eigenvalue weighted by Crippen LogP contribution is 2.29. The highest BCUT2D eigenvalue weighted by atomic mass is 79.9. The van der Waals surface area contributed by atoms with E-state index in [-0.39, 0.29) is 12.3 Å². The molecular weight excluding hydrogens is 336 g/mol. The molecule has 110 valence electrons. The van der Waals surface area contributed by atoms with Crippen LogP contribution in [0.4, 0.5) is 5.69 Å². The molecule has 21 heavy (non-hydrogen) atoms. The van der Waals surface area contributed by atoms with Crippen molar-refractivity contribution in [1.82, 2.24) is 0 Å². The molecule has 0 unspecified atom stereocenters. The normalized spacial score (nSPS) is 10.4. The van der Waals surface area contributed by atoms with E-state index in [1.54, 1.807) is 12.1 Å². The summed E-state index contributed by atoms with van der Waals surface area (Å²) < 4.78 is 6.23. The number of ether oxygens (including phenoxy) is 1. The van der Waals surface area contributed by atoms with Crippen LogP contribution in [0.1, 0.15) is 11.1 Å². The average molecular weight is 351 g/mol. The number of nitro groups is 1. The predicted octanol–water partition coefficient (Wildman–Crippen LogP) is 3.44. The number of rotatable bonds is 6. The highest BCUT2D eigenvalue weighted by molar-refractivity contribution is 9.10. The Bertz CT molecular complexity index is 647. The van der Waals surface area contributed by atoms with Gasteiger partial charge in [-0.3, -0.25) is 10.1 Å². The number of hydrogen-bond donors (Lipinski definition) is 1. The molecule has 0 amide bonds. The first-order valence-corrected chi connectivity index (χ1v) is 7.25. The van der Waals surface area contributed by atoms with Crippen LogP contribution in [-0.2, 0) is 13.0 Å². The summed E-state index contributed by atoms with van der Waals surface area (Å²) in [6.45, 7) is 0.796. The molecule has 0 radical (unpaired) electrons. The Kier molecular flexibility index (Phi) is 5.30. The van der Waals surface area contributed by atoms with Crippen LogP contribution in [0.25, 0.3) is 0 Å². The molecule has 0 aliphatic heterocycles. The van der Waals surface area contributed by atoms with Crippen molar-refractivity contribution in [2.24, 2.45) is 5.73 Å². The lowest BCUT2D eigenvalue weighted by molar-refractivity contribution is -0.385. The average Bonchev–Trinajstić information content (AvgIpc) is 2.47. The molecule has 6 heteroatoms. The van der Waals surface area contributed by atoms with Crippen LogP contribution in [-0.4, -0.2) is 11.5 Å². The van der Waals surface area contributed by atoms with Crippen LogP contribution in [0.3, 0.4) is 0 Å². The van der Waals surface area contributed by atoms with Crippen LogP contribution in [0.5, 0.6) is 5.75 Å². The zero-order valence-electron chi connectivity index (χ0n) is 11.3. The Morgan fingerprint density at radius 1 is 1.14 bits per heavy atom. The molecule has 0 fully saturated rings. The van der Waals surface area contributed by atoms with Gasteiger partial charge in [0.25, 0.3) is 5.69 Å². The minimum Gasteiger partial charge on any atom is -0.489 e. The molecule has 0 heterocycles. The third kappa shape index (κ3) is 3.80. The summed E-state index contributed by atoms with van der Waals surface area (Å²) in [5.41, 5.74) is 7.37. The number of halogens is 1. The Morgan fingerprint density at radius 3 is 2.57 bits per heavy atom. The van der Waals surface area contributed by atoms with Gasteiger partial charge in [-0.05, 0) is 40.5 Å². The Balaban J connectivity index is 2.17. The molecule has 0 spiro atoms. The second-order valence-electron chi connectivity index (χ2n) is 4.44. The van der Waals surface area contributed by atoms with Crippen molar-refractivity contribution in [3.8, 4) is 5.75 Å². The van der Waals surface area contributed by atoms with Crippen molar-refractivity contribution in [2.45, 2.75) is 13.0 Å². The molecule has 0 saturated heterocycles. The van der Waals surface area contributed by atoms with E-state index in [1.165, 1.54) is 6.07 Å². The monoisotopic (exact) mass is 350 g/mol. The fraction of sp³-hybridized carbons (Fsp3) is 0.200. The zero-order chi connectivity index (χ0) is 15.2. The fourth-order valence-corrected chi connectivity index (χ4v) is 2.50. The maximum Gasteiger partial charge on any atom is 0.283 e. The molecule has 2 aromatic carbocycles. The van der Waals surface area contributed by atoms with Crippen LogP contribution >= 0.6 is 15.9 Å². The van der Waals surface area contributed by atoms with Gasteiger partial charge in [0, 0.05) is 11.6 Å². The second kappa shape index (κ2) is 7.19. The molecule has 2 rings (SSSR count). The second-order valence-corrected chi connectivity index (χ2v) is 5.24. The fourth-order valence-electron chi connectivity index (χ4n) is 1.98. The summed E-state index contributed by atoms with van der Waals surface area (Å²) in [7, 11) is 0. The van der Waals surface area contributed by atoms with Crippen molar-refractivity contribution < 1.29 is 9.66 Å². The summed E-state index contributed by atoms with van der Waals surface area (Å²) in [6, 6.07) is 12.5. The van der Waals surface area contributed by atoms with Crippen LogP contribution in [0.15, 0.2) is 46.9 Å². The number of nitrogens with two attached hydrogens (primary N) is 1. The summed E-state index contributed by atoms with van der Waals surface area (Å²) in [4.78, 5) is 10.5. The van der Waals surface area contributed by atoms with E-state index in [0.717, 1.165) is 23.3 Å². The third-order valence-electron chi connectivity index (χ3n) is 3.02. The number of nitrogens with zero attached hydrogens (tertiary/aromatic N) is 1. The van der Waals surface area contributed by atoms with E-state index in [1.807, 2.05) is 24.3 Å². The lowest BCUT2D eigenvalue weighted by atomic mass is 10.1. The van der Waals surface area contributed by atoms with E-state index in [4.69, 9.17) is 10.5 Å². The Morgan fingerprint density at radius 2 is 1.86 bits per heavy atom. The van der Waals surface area contributed by atoms with Crippen molar-refractivity contribution in [3.63, 3.8) is 0 Å². The smallest absolute Gasteiger partial charge is 0.283 e. The van der Waals surface area contributed by atoms with Gasteiger partial charge < -0.3 is 10.5 Å². The van der Waals surface area contributed by atoms with Gasteiger partial charge in [-0.2, -0.15) is 0 Å². The molecule has 0 aromatic heterocycles. The topological polar surface area (TPSA) is 78.4 Å². The zero-order valence-corrected chi connectivity index (χ0v) is 12.9. The molecule has 0 saturated carbocycles. The molecule has 2 N–H and O–H groups in total. The van der Waals surface area contributed by atoms with E-state index in [2.05, 4.69) is 15.9 Å². The number of nitro benzene ring substituents is 1. The Labute approximate surface area is 131 Å². The van der Waals surface area contributed by atoms with Crippen molar-refractivity contribution in [2.75, 3.05) is 6.54 Å². The first kappa shape index (κ1) is 15.5. The SMILES string of the molecule is NCCc1ccccc1OCc1cccc([N+](=O)[O-])c1Br. The summed E-state index contributed by atoms with van der Waals surface area (Å²) in [5.74, 6) is 0.751. The summed E-state index contributed by atoms with van der Waals surface area (Å²) in [5, 5.41) is 10.9. The van der Waals surface area contributed by atoms with E-state index in [9.17, 15) is 10.1 Å². The minimum atomic E-state index is -0.421. The van der Waals surface area contributed by atoms with Gasteiger partial charge in [0.05, 0.1) is 4.92 Å². The lowest BCUT2D eigenvalue weighted by Gasteiger charge is -2.11. The molecule has 0 aliphatic rings. The molecule has 2 aromatic rings. The van der Waals surface area contributed by atoms with Gasteiger partial charge in [0.2, 0.25) is 0 Å². The van der Waals surface area contributed by atoms with Crippen LogP contribution < -0.4 is 10.5 Å². The first-order chi connectivity index (χ1) is 10.1. The summed E-state index contributed by atoms with van der Waals surface area (Å²) >= 11 is 3.26. The first-order valence-electron chi connectivity index (χ1n) is 6.46. The van der Waals surface area contributed by atoms with E-state index >= 15 is 0 Å². The van der Waals surface area contributed by atoms with Gasteiger partial charge in [-0.25, -0.2) is 0 Å². The van der Waals surface area contributed by atoms with Crippen molar-refractivity contribution >= 4 is 21.6 Å². The number of benzene rings is 2. The van der Waals surface area contributed by atoms with Crippen LogP contribution in [0, 0.1) is 10.1 Å². The van der Waals surface area contributed by atoms with Gasteiger partial charge >= 0.3 is 0 Å². The quantitative estimate of drug-likeness (QED) is 0.639. The van der Waals surface area contributed by atoms with Gasteiger partial charge in [-0.1, -0.05) is 30.3 Å². The maximum atomic E-state index is 10.9. The Hall–Kier alpha value is -1.92. The minimum absolute atomic E-state index is 0.0337. The highest BCUT2D eigenvalue weighted by Gasteiger charge is 2.15. The van der Waals surface area contributed by atoms with E-state index in [0.29, 0.717) is 11.0 Å². The standard InChI is InChI=1S/C15H15BrN2O3/c16-15-12(5-3-6-13(15)18(19)20)10-21-14-7-2-1-4-11(14)8-9-17/h1-7H,8-10,17H2. The van der Waals surface area contributed by atoms with Gasteiger partial charge in [0.15, 0.2) is 0 Å². The van der Waals surface area contributed by atoms with Crippen molar-refractivity contribution in [3.05, 3.63) is 68.2 Å². The molecular formula is C15H15BrN2O3. The number of para-hydroxylation sites is 1. The van der Waals surface area contributed by atoms with Gasteiger partial charge in [0.1, 0.15) is 16.8 Å². The molecule has 5 nitrogen and oxygen atoms in total.